The van der Waals surface area contributed by atoms with Crippen LogP contribution >= 0.6 is 23.4 Å². The number of carbonyl (C=O) groups excluding carboxylic acids is 1. The van der Waals surface area contributed by atoms with Crippen LogP contribution in [-0.2, 0) is 4.79 Å². The van der Waals surface area contributed by atoms with Crippen molar-refractivity contribution in [3.8, 4) is 11.4 Å². The predicted octanol–water partition coefficient (Wildman–Crippen LogP) is 4.39. The van der Waals surface area contributed by atoms with Crippen LogP contribution in [0.4, 0.5) is 5.69 Å². The number of rotatable bonds is 7. The summed E-state index contributed by atoms with van der Waals surface area (Å²) in [5.41, 5.74) is 2.38. The highest BCUT2D eigenvalue weighted by Gasteiger charge is 2.22. The van der Waals surface area contributed by atoms with Crippen molar-refractivity contribution in [1.82, 2.24) is 14.8 Å². The number of pyridine rings is 1. The lowest BCUT2D eigenvalue weighted by atomic mass is 10.1. The molecule has 0 aliphatic rings. The Kier molecular flexibility index (Phi) is 6.59. The maximum Gasteiger partial charge on any atom is 0.228 e. The number of halogens is 1. The van der Waals surface area contributed by atoms with E-state index < -0.39 is 0 Å². The number of benzene rings is 1. The molecule has 0 spiro atoms. The van der Waals surface area contributed by atoms with Crippen molar-refractivity contribution in [2.45, 2.75) is 11.7 Å². The zero-order valence-corrected chi connectivity index (χ0v) is 17.4. The highest BCUT2D eigenvalue weighted by atomic mass is 35.5. The van der Waals surface area contributed by atoms with Crippen molar-refractivity contribution in [2.24, 2.45) is 0 Å². The average molecular weight is 417 g/mol. The van der Waals surface area contributed by atoms with Gasteiger partial charge in [-0.2, -0.15) is 16.9 Å². The van der Waals surface area contributed by atoms with Crippen molar-refractivity contribution in [3.63, 3.8) is 0 Å². The van der Waals surface area contributed by atoms with E-state index in [0.717, 1.165) is 17.0 Å². The Labute approximate surface area is 173 Å². The molecule has 1 amide bonds. The number of amides is 1. The fourth-order valence-corrected chi connectivity index (χ4v) is 3.78. The minimum atomic E-state index is -0.0465. The van der Waals surface area contributed by atoms with Gasteiger partial charge in [0.15, 0.2) is 5.15 Å². The van der Waals surface area contributed by atoms with Crippen LogP contribution < -0.4 is 9.64 Å². The van der Waals surface area contributed by atoms with E-state index in [1.165, 1.54) is 0 Å². The van der Waals surface area contributed by atoms with Crippen molar-refractivity contribution in [3.05, 3.63) is 65.7 Å². The molecule has 1 atom stereocenters. The third-order valence-electron chi connectivity index (χ3n) is 4.41. The molecular weight excluding hydrogens is 396 g/mol. The van der Waals surface area contributed by atoms with Crippen LogP contribution in [0.1, 0.15) is 17.2 Å². The summed E-state index contributed by atoms with van der Waals surface area (Å²) in [5, 5.41) is 4.57. The Hall–Kier alpha value is -2.51. The third-order valence-corrected chi connectivity index (χ3v) is 5.68. The van der Waals surface area contributed by atoms with Gasteiger partial charge >= 0.3 is 0 Å². The number of nitrogens with zero attached hydrogens (tertiary/aromatic N) is 4. The lowest BCUT2D eigenvalue weighted by molar-refractivity contribution is -0.118. The van der Waals surface area contributed by atoms with Gasteiger partial charge in [0.25, 0.3) is 0 Å². The second-order valence-electron chi connectivity index (χ2n) is 6.12. The summed E-state index contributed by atoms with van der Waals surface area (Å²) in [6.45, 7) is 0. The summed E-state index contributed by atoms with van der Waals surface area (Å²) in [6, 6.07) is 11.5. The molecule has 3 aromatic rings. The number of ether oxygens (including phenoxy) is 1. The van der Waals surface area contributed by atoms with Gasteiger partial charge in [-0.1, -0.05) is 23.7 Å². The average Bonchev–Trinajstić information content (AvgIpc) is 3.13. The molecule has 146 valence electrons. The van der Waals surface area contributed by atoms with Crippen LogP contribution in [0.15, 0.2) is 55.0 Å². The van der Waals surface area contributed by atoms with E-state index in [1.807, 2.05) is 42.7 Å². The molecule has 0 fully saturated rings. The molecule has 0 saturated carbocycles. The zero-order valence-electron chi connectivity index (χ0n) is 15.9. The Bertz CT molecular complexity index is 948. The quantitative estimate of drug-likeness (QED) is 0.571. The predicted molar refractivity (Wildman–Crippen MR) is 114 cm³/mol. The van der Waals surface area contributed by atoms with Gasteiger partial charge in [0.2, 0.25) is 5.91 Å². The van der Waals surface area contributed by atoms with E-state index in [9.17, 15) is 4.79 Å². The third kappa shape index (κ3) is 4.48. The minimum Gasteiger partial charge on any atom is -0.497 e. The van der Waals surface area contributed by atoms with Gasteiger partial charge in [0.1, 0.15) is 11.4 Å². The zero-order chi connectivity index (χ0) is 20.1. The molecule has 28 heavy (non-hydrogen) atoms. The first-order valence-electron chi connectivity index (χ1n) is 8.62. The maximum absolute atomic E-state index is 12.9. The van der Waals surface area contributed by atoms with Crippen molar-refractivity contribution in [2.75, 3.05) is 25.3 Å². The first-order valence-corrected chi connectivity index (χ1v) is 10.3. The molecule has 3 rings (SSSR count). The molecule has 0 N–H and O–H groups in total. The second-order valence-corrected chi connectivity index (χ2v) is 7.52. The molecule has 2 aromatic heterocycles. The summed E-state index contributed by atoms with van der Waals surface area (Å²) in [7, 11) is 3.34. The van der Waals surface area contributed by atoms with Crippen molar-refractivity contribution < 1.29 is 9.53 Å². The standard InChI is InChI=1S/C20H21ClN4O2S/c1-24(17-13-25(23-20(17)21)15-7-5-9-22-12-15)19(26)11-18(28-3)14-6-4-8-16(10-14)27-2/h4-10,12-13,18H,11H2,1-3H3. The van der Waals surface area contributed by atoms with E-state index >= 15 is 0 Å². The van der Waals surface area contributed by atoms with E-state index in [-0.39, 0.29) is 16.3 Å². The van der Waals surface area contributed by atoms with Crippen LogP contribution in [0, 0.1) is 0 Å². The number of hydrogen-bond donors (Lipinski definition) is 0. The lowest BCUT2D eigenvalue weighted by Crippen LogP contribution is -2.27. The summed E-state index contributed by atoms with van der Waals surface area (Å²) in [4.78, 5) is 18.5. The molecule has 6 nitrogen and oxygen atoms in total. The largest absolute Gasteiger partial charge is 0.497 e. The first-order chi connectivity index (χ1) is 13.5. The number of hydrogen-bond acceptors (Lipinski definition) is 5. The SMILES string of the molecule is COc1cccc(C(CC(=O)N(C)c2cn(-c3cccnc3)nc2Cl)SC)c1. The fourth-order valence-electron chi connectivity index (χ4n) is 2.80. The van der Waals surface area contributed by atoms with Gasteiger partial charge in [0.05, 0.1) is 25.2 Å². The van der Waals surface area contributed by atoms with Gasteiger partial charge in [-0.05, 0) is 36.1 Å². The monoisotopic (exact) mass is 416 g/mol. The van der Waals surface area contributed by atoms with Crippen LogP contribution in [0.3, 0.4) is 0 Å². The van der Waals surface area contributed by atoms with Gasteiger partial charge in [-0.25, -0.2) is 4.68 Å². The minimum absolute atomic E-state index is 0.0113. The van der Waals surface area contributed by atoms with Gasteiger partial charge in [-0.15, -0.1) is 0 Å². The summed E-state index contributed by atoms with van der Waals surface area (Å²) >= 11 is 7.92. The van der Waals surface area contributed by atoms with Crippen molar-refractivity contribution in [1.29, 1.82) is 0 Å². The molecule has 8 heteroatoms. The number of carbonyl (C=O) groups is 1. The summed E-state index contributed by atoms with van der Waals surface area (Å²) in [5.74, 6) is 0.730. The Morgan fingerprint density at radius 3 is 2.86 bits per heavy atom. The Morgan fingerprint density at radius 1 is 1.36 bits per heavy atom. The van der Waals surface area contributed by atoms with E-state index in [0.29, 0.717) is 12.1 Å². The molecule has 0 saturated heterocycles. The fraction of sp³-hybridized carbons (Fsp3) is 0.250. The number of anilines is 1. The highest BCUT2D eigenvalue weighted by Crippen LogP contribution is 2.34. The van der Waals surface area contributed by atoms with Gasteiger partial charge in [0, 0.05) is 24.9 Å². The van der Waals surface area contributed by atoms with Crippen LogP contribution in [0.5, 0.6) is 5.75 Å². The van der Waals surface area contributed by atoms with Gasteiger partial charge in [-0.3, -0.25) is 9.78 Å². The normalized spacial score (nSPS) is 11.9. The molecule has 0 bridgehead atoms. The highest BCUT2D eigenvalue weighted by molar-refractivity contribution is 7.98. The number of thioether (sulfide) groups is 1. The molecule has 1 aromatic carbocycles. The topological polar surface area (TPSA) is 60.2 Å². The maximum atomic E-state index is 12.9. The molecular formula is C20H21ClN4O2S. The van der Waals surface area contributed by atoms with Crippen LogP contribution in [-0.4, -0.2) is 41.1 Å². The number of aromatic nitrogens is 3. The van der Waals surface area contributed by atoms with Crippen LogP contribution in [0.2, 0.25) is 5.15 Å². The lowest BCUT2D eigenvalue weighted by Gasteiger charge is -2.20. The molecule has 2 heterocycles. The summed E-state index contributed by atoms with van der Waals surface area (Å²) < 4.78 is 6.91. The Morgan fingerprint density at radius 2 is 2.18 bits per heavy atom. The van der Waals surface area contributed by atoms with Gasteiger partial charge < -0.3 is 9.64 Å². The van der Waals surface area contributed by atoms with E-state index in [4.69, 9.17) is 16.3 Å². The smallest absolute Gasteiger partial charge is 0.228 e. The molecule has 0 radical (unpaired) electrons. The van der Waals surface area contributed by atoms with E-state index in [2.05, 4.69) is 10.1 Å². The Balaban J connectivity index is 1.77. The molecule has 1 unspecified atom stereocenters. The summed E-state index contributed by atoms with van der Waals surface area (Å²) in [6.07, 6.45) is 7.43. The molecule has 0 aliphatic carbocycles. The van der Waals surface area contributed by atoms with Crippen molar-refractivity contribution >= 4 is 35.0 Å². The van der Waals surface area contributed by atoms with Crippen LogP contribution in [0.25, 0.3) is 5.69 Å². The van der Waals surface area contributed by atoms with E-state index in [1.54, 1.807) is 54.1 Å². The second kappa shape index (κ2) is 9.12. The molecule has 0 aliphatic heterocycles. The first kappa shape index (κ1) is 20.2. The number of methoxy groups -OCH3 is 1.